The van der Waals surface area contributed by atoms with E-state index in [1.54, 1.807) is 0 Å². The first kappa shape index (κ1) is 11.9. The highest BCUT2D eigenvalue weighted by Crippen LogP contribution is 2.24. The summed E-state index contributed by atoms with van der Waals surface area (Å²) in [6.45, 7) is 3.35. The number of nitrogens with two attached hydrogens (primary N) is 1. The standard InChI is InChI=1S/C13H19N3O/c1-2-17-12-5-3-10(4-6-12)13-9-11(7-8-14)15-16-13/h3-6,13,16H,2,7-9,14H2,1H3. The Morgan fingerprint density at radius 3 is 2.82 bits per heavy atom. The van der Waals surface area contributed by atoms with Crippen molar-refractivity contribution in [3.8, 4) is 5.75 Å². The van der Waals surface area contributed by atoms with Crippen molar-refractivity contribution in [2.24, 2.45) is 10.8 Å². The van der Waals surface area contributed by atoms with E-state index in [4.69, 9.17) is 10.5 Å². The number of nitrogens with one attached hydrogen (secondary N) is 1. The van der Waals surface area contributed by atoms with Gasteiger partial charge in [0.15, 0.2) is 0 Å². The smallest absolute Gasteiger partial charge is 0.119 e. The second kappa shape index (κ2) is 5.68. The van der Waals surface area contributed by atoms with Gasteiger partial charge in [0.1, 0.15) is 5.75 Å². The number of hydrazone groups is 1. The Labute approximate surface area is 102 Å². The third-order valence-corrected chi connectivity index (χ3v) is 2.84. The van der Waals surface area contributed by atoms with Gasteiger partial charge in [-0.25, -0.2) is 0 Å². The van der Waals surface area contributed by atoms with Crippen molar-refractivity contribution < 1.29 is 4.74 Å². The lowest BCUT2D eigenvalue weighted by atomic mass is 10.0. The predicted octanol–water partition coefficient (Wildman–Crippen LogP) is 1.82. The van der Waals surface area contributed by atoms with E-state index in [1.165, 1.54) is 5.56 Å². The third-order valence-electron chi connectivity index (χ3n) is 2.84. The SMILES string of the molecule is CCOc1ccc(C2CC(CCN)=NN2)cc1. The summed E-state index contributed by atoms with van der Waals surface area (Å²) in [4.78, 5) is 0. The molecule has 0 aromatic heterocycles. The zero-order valence-electron chi connectivity index (χ0n) is 10.1. The van der Waals surface area contributed by atoms with E-state index in [9.17, 15) is 0 Å². The Kier molecular flexibility index (Phi) is 3.98. The zero-order valence-corrected chi connectivity index (χ0v) is 10.1. The number of hydrogen-bond acceptors (Lipinski definition) is 4. The molecule has 0 fully saturated rings. The highest BCUT2D eigenvalue weighted by Gasteiger charge is 2.19. The molecule has 1 atom stereocenters. The van der Waals surface area contributed by atoms with Crippen molar-refractivity contribution in [2.75, 3.05) is 13.2 Å². The first-order chi connectivity index (χ1) is 8.33. The third kappa shape index (κ3) is 2.97. The van der Waals surface area contributed by atoms with Gasteiger partial charge in [-0.05, 0) is 37.6 Å². The topological polar surface area (TPSA) is 59.6 Å². The van der Waals surface area contributed by atoms with Crippen LogP contribution in [0.4, 0.5) is 0 Å². The number of rotatable bonds is 5. The number of hydrogen-bond donors (Lipinski definition) is 2. The van der Waals surface area contributed by atoms with Crippen molar-refractivity contribution >= 4 is 5.71 Å². The molecule has 0 saturated carbocycles. The normalized spacial score (nSPS) is 18.7. The molecular formula is C13H19N3O. The van der Waals surface area contributed by atoms with Gasteiger partial charge in [-0.3, -0.25) is 0 Å². The molecule has 0 amide bonds. The summed E-state index contributed by atoms with van der Waals surface area (Å²) >= 11 is 0. The largest absolute Gasteiger partial charge is 0.494 e. The van der Waals surface area contributed by atoms with Gasteiger partial charge in [0, 0.05) is 12.1 Å². The van der Waals surface area contributed by atoms with Gasteiger partial charge in [-0.1, -0.05) is 12.1 Å². The zero-order chi connectivity index (χ0) is 12.1. The van der Waals surface area contributed by atoms with Crippen LogP contribution in [-0.2, 0) is 0 Å². The van der Waals surface area contributed by atoms with Gasteiger partial charge < -0.3 is 15.9 Å². The summed E-state index contributed by atoms with van der Waals surface area (Å²) in [6.07, 6.45) is 1.83. The van der Waals surface area contributed by atoms with E-state index in [1.807, 2.05) is 19.1 Å². The Morgan fingerprint density at radius 2 is 2.18 bits per heavy atom. The Bertz CT molecular complexity index is 386. The van der Waals surface area contributed by atoms with Gasteiger partial charge in [0.05, 0.1) is 12.6 Å². The highest BCUT2D eigenvalue weighted by atomic mass is 16.5. The fourth-order valence-electron chi connectivity index (χ4n) is 1.98. The molecule has 1 aromatic rings. The summed E-state index contributed by atoms with van der Waals surface area (Å²) < 4.78 is 5.42. The second-order valence-corrected chi connectivity index (χ2v) is 4.10. The van der Waals surface area contributed by atoms with Crippen LogP contribution in [0.5, 0.6) is 5.75 Å². The fourth-order valence-corrected chi connectivity index (χ4v) is 1.98. The van der Waals surface area contributed by atoms with Crippen LogP contribution in [0.1, 0.15) is 31.4 Å². The molecule has 0 spiro atoms. The van der Waals surface area contributed by atoms with Gasteiger partial charge in [0.2, 0.25) is 0 Å². The van der Waals surface area contributed by atoms with E-state index in [-0.39, 0.29) is 6.04 Å². The van der Waals surface area contributed by atoms with Crippen molar-refractivity contribution in [1.29, 1.82) is 0 Å². The molecule has 92 valence electrons. The molecule has 4 nitrogen and oxygen atoms in total. The monoisotopic (exact) mass is 233 g/mol. The first-order valence-electron chi connectivity index (χ1n) is 6.07. The highest BCUT2D eigenvalue weighted by molar-refractivity contribution is 5.86. The Balaban J connectivity index is 1.96. The van der Waals surface area contributed by atoms with E-state index in [0.717, 1.165) is 24.3 Å². The average Bonchev–Trinajstić information content (AvgIpc) is 2.80. The molecule has 0 saturated heterocycles. The minimum absolute atomic E-state index is 0.284. The van der Waals surface area contributed by atoms with Crippen LogP contribution in [-0.4, -0.2) is 18.9 Å². The van der Waals surface area contributed by atoms with Crippen molar-refractivity contribution in [1.82, 2.24) is 5.43 Å². The molecule has 0 radical (unpaired) electrons. The number of benzene rings is 1. The van der Waals surface area contributed by atoms with Gasteiger partial charge in [-0.2, -0.15) is 5.10 Å². The summed E-state index contributed by atoms with van der Waals surface area (Å²) in [6, 6.07) is 8.46. The molecule has 0 aliphatic carbocycles. The molecule has 17 heavy (non-hydrogen) atoms. The Morgan fingerprint density at radius 1 is 1.41 bits per heavy atom. The maximum absolute atomic E-state index is 5.52. The van der Waals surface area contributed by atoms with E-state index in [0.29, 0.717) is 13.2 Å². The predicted molar refractivity (Wildman–Crippen MR) is 69.2 cm³/mol. The molecule has 4 heteroatoms. The lowest BCUT2D eigenvalue weighted by Crippen LogP contribution is -2.10. The molecular weight excluding hydrogens is 214 g/mol. The van der Waals surface area contributed by atoms with Gasteiger partial charge in [-0.15, -0.1) is 0 Å². The molecule has 1 heterocycles. The molecule has 2 rings (SSSR count). The maximum Gasteiger partial charge on any atom is 0.119 e. The first-order valence-corrected chi connectivity index (χ1v) is 6.07. The van der Waals surface area contributed by atoms with Crippen molar-refractivity contribution in [2.45, 2.75) is 25.8 Å². The van der Waals surface area contributed by atoms with Crippen LogP contribution in [0.3, 0.4) is 0 Å². The summed E-state index contributed by atoms with van der Waals surface area (Å²) in [5.74, 6) is 0.914. The van der Waals surface area contributed by atoms with Crippen LogP contribution < -0.4 is 15.9 Å². The van der Waals surface area contributed by atoms with E-state index >= 15 is 0 Å². The minimum atomic E-state index is 0.284. The summed E-state index contributed by atoms with van der Waals surface area (Å²) in [7, 11) is 0. The molecule has 1 aliphatic heterocycles. The van der Waals surface area contributed by atoms with Crippen LogP contribution in [0.2, 0.25) is 0 Å². The van der Waals surface area contributed by atoms with Crippen LogP contribution >= 0.6 is 0 Å². The van der Waals surface area contributed by atoms with Crippen LogP contribution in [0.25, 0.3) is 0 Å². The Hall–Kier alpha value is -1.55. The summed E-state index contributed by atoms with van der Waals surface area (Å²) in [5.41, 5.74) is 11.1. The average molecular weight is 233 g/mol. The lowest BCUT2D eigenvalue weighted by Gasteiger charge is -2.11. The molecule has 0 bridgehead atoms. The quantitative estimate of drug-likeness (QED) is 0.815. The van der Waals surface area contributed by atoms with Gasteiger partial charge in [0.25, 0.3) is 0 Å². The van der Waals surface area contributed by atoms with E-state index in [2.05, 4.69) is 22.7 Å². The molecule has 1 aromatic carbocycles. The lowest BCUT2D eigenvalue weighted by molar-refractivity contribution is 0.340. The second-order valence-electron chi connectivity index (χ2n) is 4.10. The molecule has 1 aliphatic rings. The molecule has 3 N–H and O–H groups in total. The number of ether oxygens (including phenoxy) is 1. The van der Waals surface area contributed by atoms with Crippen LogP contribution in [0, 0.1) is 0 Å². The van der Waals surface area contributed by atoms with Gasteiger partial charge >= 0.3 is 0 Å². The maximum atomic E-state index is 5.52. The molecule has 1 unspecified atom stereocenters. The fraction of sp³-hybridized carbons (Fsp3) is 0.462. The van der Waals surface area contributed by atoms with Crippen LogP contribution in [0.15, 0.2) is 29.4 Å². The number of nitrogens with zero attached hydrogens (tertiary/aromatic N) is 1. The van der Waals surface area contributed by atoms with E-state index < -0.39 is 0 Å². The van der Waals surface area contributed by atoms with Crippen molar-refractivity contribution in [3.63, 3.8) is 0 Å². The van der Waals surface area contributed by atoms with Crippen molar-refractivity contribution in [3.05, 3.63) is 29.8 Å². The summed E-state index contributed by atoms with van der Waals surface area (Å²) in [5, 5.41) is 4.30. The minimum Gasteiger partial charge on any atom is -0.494 e.